The Morgan fingerprint density at radius 1 is 1.20 bits per heavy atom. The Hall–Kier alpha value is -3.33. The van der Waals surface area contributed by atoms with E-state index < -0.39 is 11.9 Å². The number of piperidine rings is 1. The molecule has 154 valence electrons. The number of aromatic nitrogens is 2. The fourth-order valence-electron chi connectivity index (χ4n) is 4.48. The monoisotopic (exact) mass is 406 g/mol. The summed E-state index contributed by atoms with van der Waals surface area (Å²) in [6.07, 6.45) is 4.08. The predicted molar refractivity (Wildman–Crippen MR) is 107 cm³/mol. The Morgan fingerprint density at radius 3 is 2.90 bits per heavy atom. The van der Waals surface area contributed by atoms with Crippen LogP contribution in [0.25, 0.3) is 0 Å². The minimum Gasteiger partial charge on any atom is -0.350 e. The molecule has 1 aromatic heterocycles. The van der Waals surface area contributed by atoms with Crippen LogP contribution in [0.5, 0.6) is 0 Å². The Morgan fingerprint density at radius 2 is 2.07 bits per heavy atom. The Bertz CT molecular complexity index is 1070. The first-order valence-electron chi connectivity index (χ1n) is 10.1. The first-order chi connectivity index (χ1) is 14.5. The quantitative estimate of drug-likeness (QED) is 0.640. The van der Waals surface area contributed by atoms with E-state index in [9.17, 15) is 14.4 Å². The average molecular weight is 406 g/mol. The lowest BCUT2D eigenvalue weighted by Crippen LogP contribution is -2.52. The van der Waals surface area contributed by atoms with Gasteiger partial charge in [-0.1, -0.05) is 18.2 Å². The number of carbonyl (C=O) groups excluding carboxylic acids is 3. The Balaban J connectivity index is 1.34. The molecule has 2 unspecified atom stereocenters. The molecule has 30 heavy (non-hydrogen) atoms. The maximum absolute atomic E-state index is 13.1. The molecule has 4 N–H and O–H groups in total. The average Bonchev–Trinajstić information content (AvgIpc) is 3.27. The highest BCUT2D eigenvalue weighted by atomic mass is 16.2. The highest BCUT2D eigenvalue weighted by Crippen LogP contribution is 2.31. The number of aryl methyl sites for hydroxylation is 1. The molecule has 0 spiro atoms. The van der Waals surface area contributed by atoms with Crippen molar-refractivity contribution in [3.63, 3.8) is 0 Å². The molecular weight excluding hydrogens is 384 g/mol. The van der Waals surface area contributed by atoms with Gasteiger partial charge in [-0.2, -0.15) is 0 Å². The standard InChI is InChI=1S/C21H22N6O3/c22-14-4-5-15-13(14)9-24-21(25-15)23-8-11-2-1-3-12-10-27(20(30)18(11)12)16-6-7-17(28)26-19(16)29/h1-3,9,14,16H,4-8,10,22H2,(H,23,24,25)(H,26,28,29). The Labute approximate surface area is 173 Å². The minimum atomic E-state index is -0.618. The van der Waals surface area contributed by atoms with Gasteiger partial charge in [-0.3, -0.25) is 19.7 Å². The number of hydrogen-bond acceptors (Lipinski definition) is 7. The summed E-state index contributed by atoms with van der Waals surface area (Å²) in [7, 11) is 0. The summed E-state index contributed by atoms with van der Waals surface area (Å²) in [5, 5.41) is 5.54. The van der Waals surface area contributed by atoms with Crippen molar-refractivity contribution in [3.05, 3.63) is 52.3 Å². The van der Waals surface area contributed by atoms with Crippen LogP contribution in [0.15, 0.2) is 24.4 Å². The second-order valence-corrected chi connectivity index (χ2v) is 7.95. The fraction of sp³-hybridized carbons (Fsp3) is 0.381. The molecule has 3 heterocycles. The van der Waals surface area contributed by atoms with Crippen molar-refractivity contribution in [1.29, 1.82) is 0 Å². The molecule has 1 aliphatic carbocycles. The summed E-state index contributed by atoms with van der Waals surface area (Å²) in [5.74, 6) is -0.372. The van der Waals surface area contributed by atoms with Crippen molar-refractivity contribution >= 4 is 23.7 Å². The zero-order valence-electron chi connectivity index (χ0n) is 16.4. The number of amides is 3. The number of nitrogens with zero attached hydrogens (tertiary/aromatic N) is 3. The van der Waals surface area contributed by atoms with Crippen molar-refractivity contribution in [2.75, 3.05) is 5.32 Å². The molecule has 3 aliphatic rings. The lowest BCUT2D eigenvalue weighted by molar-refractivity contribution is -0.136. The SMILES string of the molecule is NC1CCc2nc(NCc3cccc4c3C(=O)N(C3CCC(=O)NC3=O)C4)ncc21. The summed E-state index contributed by atoms with van der Waals surface area (Å²) in [5.41, 5.74) is 10.3. The number of imide groups is 1. The smallest absolute Gasteiger partial charge is 0.255 e. The molecular formula is C21H22N6O3. The van der Waals surface area contributed by atoms with Gasteiger partial charge in [-0.05, 0) is 30.4 Å². The van der Waals surface area contributed by atoms with E-state index in [2.05, 4.69) is 20.6 Å². The summed E-state index contributed by atoms with van der Waals surface area (Å²) in [6, 6.07) is 5.08. The third-order valence-corrected chi connectivity index (χ3v) is 6.07. The van der Waals surface area contributed by atoms with E-state index in [1.54, 1.807) is 11.1 Å². The molecule has 1 saturated heterocycles. The van der Waals surface area contributed by atoms with Crippen LogP contribution in [0.4, 0.5) is 5.95 Å². The van der Waals surface area contributed by atoms with Crippen LogP contribution >= 0.6 is 0 Å². The van der Waals surface area contributed by atoms with Gasteiger partial charge in [0.2, 0.25) is 17.8 Å². The van der Waals surface area contributed by atoms with E-state index in [1.807, 2.05) is 18.2 Å². The number of hydrogen-bond donors (Lipinski definition) is 3. The minimum absolute atomic E-state index is 0.00216. The molecule has 1 aromatic carbocycles. The molecule has 5 rings (SSSR count). The van der Waals surface area contributed by atoms with Crippen LogP contribution in [0.3, 0.4) is 0 Å². The summed E-state index contributed by atoms with van der Waals surface area (Å²) in [4.78, 5) is 47.3. The van der Waals surface area contributed by atoms with Gasteiger partial charge in [0.25, 0.3) is 5.91 Å². The molecule has 3 amide bonds. The lowest BCUT2D eigenvalue weighted by atomic mass is 10.0. The van der Waals surface area contributed by atoms with E-state index in [-0.39, 0.29) is 24.3 Å². The molecule has 0 saturated carbocycles. The summed E-state index contributed by atoms with van der Waals surface area (Å²) in [6.45, 7) is 0.754. The number of nitrogens with two attached hydrogens (primary N) is 1. The summed E-state index contributed by atoms with van der Waals surface area (Å²) < 4.78 is 0. The van der Waals surface area contributed by atoms with Gasteiger partial charge < -0.3 is 16.0 Å². The van der Waals surface area contributed by atoms with E-state index in [0.29, 0.717) is 31.0 Å². The number of anilines is 1. The Kier molecular flexibility index (Phi) is 4.47. The molecule has 0 bridgehead atoms. The van der Waals surface area contributed by atoms with Crippen molar-refractivity contribution in [2.24, 2.45) is 5.73 Å². The van der Waals surface area contributed by atoms with Gasteiger partial charge in [-0.15, -0.1) is 0 Å². The maximum Gasteiger partial charge on any atom is 0.255 e. The second-order valence-electron chi connectivity index (χ2n) is 7.95. The van der Waals surface area contributed by atoms with Crippen molar-refractivity contribution in [2.45, 2.75) is 50.9 Å². The van der Waals surface area contributed by atoms with Crippen LogP contribution in [0.2, 0.25) is 0 Å². The number of nitrogens with one attached hydrogen (secondary N) is 2. The van der Waals surface area contributed by atoms with Crippen LogP contribution in [-0.4, -0.2) is 38.6 Å². The van der Waals surface area contributed by atoms with Gasteiger partial charge in [-0.25, -0.2) is 9.97 Å². The van der Waals surface area contributed by atoms with Crippen molar-refractivity contribution < 1.29 is 14.4 Å². The number of carbonyl (C=O) groups is 3. The normalized spacial score (nSPS) is 22.7. The topological polar surface area (TPSA) is 130 Å². The molecule has 2 atom stereocenters. The van der Waals surface area contributed by atoms with Gasteiger partial charge in [0, 0.05) is 42.9 Å². The highest BCUT2D eigenvalue weighted by Gasteiger charge is 2.39. The largest absolute Gasteiger partial charge is 0.350 e. The fourth-order valence-corrected chi connectivity index (χ4v) is 4.48. The lowest BCUT2D eigenvalue weighted by Gasteiger charge is -2.29. The zero-order valence-corrected chi connectivity index (χ0v) is 16.4. The van der Waals surface area contributed by atoms with Crippen LogP contribution in [-0.2, 0) is 29.1 Å². The number of fused-ring (bicyclic) bond motifs is 2. The molecule has 2 aliphatic heterocycles. The zero-order chi connectivity index (χ0) is 20.8. The predicted octanol–water partition coefficient (Wildman–Crippen LogP) is 0.796. The first-order valence-corrected chi connectivity index (χ1v) is 10.1. The van der Waals surface area contributed by atoms with Gasteiger partial charge in [0.1, 0.15) is 6.04 Å². The van der Waals surface area contributed by atoms with Crippen LogP contribution in [0, 0.1) is 0 Å². The van der Waals surface area contributed by atoms with Gasteiger partial charge in [0.15, 0.2) is 0 Å². The van der Waals surface area contributed by atoms with E-state index in [0.717, 1.165) is 35.2 Å². The molecule has 0 radical (unpaired) electrons. The number of rotatable bonds is 4. The van der Waals surface area contributed by atoms with E-state index in [4.69, 9.17) is 5.73 Å². The van der Waals surface area contributed by atoms with Crippen LogP contribution in [0.1, 0.15) is 58.0 Å². The molecule has 1 fully saturated rings. The second kappa shape index (κ2) is 7.17. The summed E-state index contributed by atoms with van der Waals surface area (Å²) >= 11 is 0. The molecule has 9 heteroatoms. The maximum atomic E-state index is 13.1. The van der Waals surface area contributed by atoms with E-state index in [1.165, 1.54) is 0 Å². The number of benzene rings is 1. The first kappa shape index (κ1) is 18.7. The molecule has 2 aromatic rings. The van der Waals surface area contributed by atoms with Crippen molar-refractivity contribution in [3.8, 4) is 0 Å². The van der Waals surface area contributed by atoms with Crippen LogP contribution < -0.4 is 16.4 Å². The van der Waals surface area contributed by atoms with Gasteiger partial charge in [0.05, 0.1) is 5.69 Å². The molecule has 9 nitrogen and oxygen atoms in total. The van der Waals surface area contributed by atoms with Crippen molar-refractivity contribution in [1.82, 2.24) is 20.2 Å². The third-order valence-electron chi connectivity index (χ3n) is 6.07. The van der Waals surface area contributed by atoms with E-state index >= 15 is 0 Å². The highest BCUT2D eigenvalue weighted by molar-refractivity contribution is 6.06. The van der Waals surface area contributed by atoms with Gasteiger partial charge >= 0.3 is 0 Å². The third kappa shape index (κ3) is 3.11.